The van der Waals surface area contributed by atoms with E-state index in [1.54, 1.807) is 0 Å². The predicted molar refractivity (Wildman–Crippen MR) is 162 cm³/mol. The molecule has 0 spiro atoms. The lowest BCUT2D eigenvalue weighted by atomic mass is 10.0. The van der Waals surface area contributed by atoms with Crippen LogP contribution in [0.2, 0.25) is 0 Å². The first-order valence-corrected chi connectivity index (χ1v) is 13.5. The molecule has 5 aromatic rings. The third-order valence-electron chi connectivity index (χ3n) is 7.27. The number of hydrogen-bond acceptors (Lipinski definition) is 3. The third-order valence-corrected chi connectivity index (χ3v) is 7.27. The molecule has 0 aliphatic heterocycles. The van der Waals surface area contributed by atoms with Crippen molar-refractivity contribution in [3.63, 3.8) is 0 Å². The normalized spacial score (nSPS) is 10.9. The number of para-hydroxylation sites is 1. The zero-order chi connectivity index (χ0) is 27.4. The van der Waals surface area contributed by atoms with Crippen molar-refractivity contribution < 1.29 is 9.84 Å². The first-order chi connectivity index (χ1) is 18.9. The Morgan fingerprint density at radius 3 is 1.82 bits per heavy atom. The highest BCUT2D eigenvalue weighted by Gasteiger charge is 2.15. The highest BCUT2D eigenvalue weighted by atomic mass is 16.5. The average Bonchev–Trinajstić information content (AvgIpc) is 2.95. The zero-order valence-electron chi connectivity index (χ0n) is 23.1. The molecule has 39 heavy (non-hydrogen) atoms. The van der Waals surface area contributed by atoms with Crippen LogP contribution in [-0.2, 0) is 12.8 Å². The van der Waals surface area contributed by atoms with Crippen LogP contribution in [0.4, 0.5) is 17.1 Å². The summed E-state index contributed by atoms with van der Waals surface area (Å²) in [5, 5.41) is 10.8. The Morgan fingerprint density at radius 1 is 0.590 bits per heavy atom. The van der Waals surface area contributed by atoms with E-state index >= 15 is 0 Å². The summed E-state index contributed by atoms with van der Waals surface area (Å²) in [7, 11) is 0. The quantitative estimate of drug-likeness (QED) is 0.224. The fraction of sp³-hybridized carbons (Fsp3) is 0.167. The van der Waals surface area contributed by atoms with Gasteiger partial charge in [0.2, 0.25) is 0 Å². The summed E-state index contributed by atoms with van der Waals surface area (Å²) in [6.45, 7) is 8.39. The van der Waals surface area contributed by atoms with Crippen molar-refractivity contribution in [2.45, 2.75) is 40.5 Å². The van der Waals surface area contributed by atoms with Gasteiger partial charge < -0.3 is 14.7 Å². The molecule has 196 valence electrons. The van der Waals surface area contributed by atoms with Gasteiger partial charge in [-0.2, -0.15) is 0 Å². The summed E-state index contributed by atoms with van der Waals surface area (Å²) in [4.78, 5) is 2.30. The molecule has 0 saturated carbocycles. The topological polar surface area (TPSA) is 32.7 Å². The van der Waals surface area contributed by atoms with Crippen molar-refractivity contribution in [1.29, 1.82) is 0 Å². The van der Waals surface area contributed by atoms with Gasteiger partial charge in [0, 0.05) is 29.0 Å². The second-order valence-corrected chi connectivity index (χ2v) is 10.1. The molecular formula is C36H35NO2. The Balaban J connectivity index is 1.44. The zero-order valence-corrected chi connectivity index (χ0v) is 23.1. The minimum atomic E-state index is 0.312. The maximum absolute atomic E-state index is 10.8. The summed E-state index contributed by atoms with van der Waals surface area (Å²) in [5.41, 5.74) is 9.98. The average molecular weight is 514 g/mol. The van der Waals surface area contributed by atoms with Crippen LogP contribution in [0.3, 0.4) is 0 Å². The van der Waals surface area contributed by atoms with E-state index in [0.29, 0.717) is 12.2 Å². The Bertz CT molecular complexity index is 1560. The van der Waals surface area contributed by atoms with Crippen molar-refractivity contribution in [2.75, 3.05) is 4.90 Å². The van der Waals surface area contributed by atoms with E-state index in [-0.39, 0.29) is 0 Å². The van der Waals surface area contributed by atoms with Gasteiger partial charge in [0.15, 0.2) is 0 Å². The lowest BCUT2D eigenvalue weighted by molar-refractivity contribution is 0.455. The summed E-state index contributed by atoms with van der Waals surface area (Å²) >= 11 is 0. The van der Waals surface area contributed by atoms with Crippen molar-refractivity contribution in [3.05, 3.63) is 143 Å². The molecule has 5 rings (SSSR count). The van der Waals surface area contributed by atoms with E-state index in [2.05, 4.69) is 92.4 Å². The Morgan fingerprint density at radius 2 is 1.21 bits per heavy atom. The van der Waals surface area contributed by atoms with Gasteiger partial charge in [-0.1, -0.05) is 55.5 Å². The fourth-order valence-electron chi connectivity index (χ4n) is 4.81. The number of phenolic OH excluding ortho intramolecular Hbond substituents is 1. The molecule has 0 radical (unpaired) electrons. The Hall–Kier alpha value is -4.50. The molecule has 5 aromatic carbocycles. The molecule has 0 aromatic heterocycles. The number of aromatic hydroxyl groups is 1. The number of ether oxygens (including phenoxy) is 1. The lowest BCUT2D eigenvalue weighted by Crippen LogP contribution is -2.10. The number of nitrogens with zero attached hydrogens (tertiary/aromatic N) is 1. The summed E-state index contributed by atoms with van der Waals surface area (Å²) < 4.78 is 6.06. The molecule has 0 bridgehead atoms. The maximum Gasteiger partial charge on any atom is 0.128 e. The monoisotopic (exact) mass is 513 g/mol. The number of anilines is 3. The second kappa shape index (κ2) is 11.5. The number of benzene rings is 5. The Kier molecular flexibility index (Phi) is 7.69. The minimum absolute atomic E-state index is 0.312. The van der Waals surface area contributed by atoms with Crippen molar-refractivity contribution in [1.82, 2.24) is 0 Å². The van der Waals surface area contributed by atoms with Crippen LogP contribution in [-0.4, -0.2) is 5.11 Å². The van der Waals surface area contributed by atoms with Crippen molar-refractivity contribution in [2.24, 2.45) is 0 Å². The molecule has 3 heteroatoms. The molecule has 0 unspecified atom stereocenters. The van der Waals surface area contributed by atoms with E-state index in [1.807, 2.05) is 49.4 Å². The van der Waals surface area contributed by atoms with E-state index in [0.717, 1.165) is 51.7 Å². The number of hydrogen-bond donors (Lipinski definition) is 1. The van der Waals surface area contributed by atoms with Gasteiger partial charge in [0.05, 0.1) is 0 Å². The molecule has 0 aliphatic rings. The highest BCUT2D eigenvalue weighted by molar-refractivity contribution is 5.77. The molecule has 0 heterocycles. The Labute approximate surface area is 232 Å². The van der Waals surface area contributed by atoms with Gasteiger partial charge in [0.25, 0.3) is 0 Å². The minimum Gasteiger partial charge on any atom is -0.507 e. The molecule has 3 nitrogen and oxygen atoms in total. The number of aryl methyl sites for hydroxylation is 4. The van der Waals surface area contributed by atoms with Crippen LogP contribution >= 0.6 is 0 Å². The molecule has 1 N–H and O–H groups in total. The standard InChI is InChI=1S/C36H35NO2/c1-5-28-12-17-31(18-13-28)37(33-16-11-25(2)26(3)21-33)32-19-14-29(15-20-32)23-30-24-35(22-27(4)36(30)38)39-34-9-7-6-8-10-34/h6-22,24,38H,5,23H2,1-4H3. The van der Waals surface area contributed by atoms with E-state index in [9.17, 15) is 5.11 Å². The molecule has 0 amide bonds. The van der Waals surface area contributed by atoms with Crippen LogP contribution in [0.15, 0.2) is 109 Å². The molecular weight excluding hydrogens is 478 g/mol. The van der Waals surface area contributed by atoms with E-state index in [1.165, 1.54) is 16.7 Å². The predicted octanol–water partition coefficient (Wildman–Crippen LogP) is 9.73. The third kappa shape index (κ3) is 5.99. The number of rotatable bonds is 8. The van der Waals surface area contributed by atoms with Gasteiger partial charge in [-0.3, -0.25) is 0 Å². The van der Waals surface area contributed by atoms with Gasteiger partial charge in [-0.05, 0) is 116 Å². The summed E-state index contributed by atoms with van der Waals surface area (Å²) in [6, 6.07) is 37.5. The largest absolute Gasteiger partial charge is 0.507 e. The van der Waals surface area contributed by atoms with Crippen molar-refractivity contribution in [3.8, 4) is 17.2 Å². The molecule has 0 fully saturated rings. The number of phenols is 1. The van der Waals surface area contributed by atoms with Gasteiger partial charge in [-0.15, -0.1) is 0 Å². The van der Waals surface area contributed by atoms with Crippen LogP contribution in [0, 0.1) is 20.8 Å². The lowest BCUT2D eigenvalue weighted by Gasteiger charge is -2.26. The van der Waals surface area contributed by atoms with Gasteiger partial charge in [0.1, 0.15) is 17.2 Å². The summed E-state index contributed by atoms with van der Waals surface area (Å²) in [6.07, 6.45) is 1.62. The molecule has 0 aliphatic carbocycles. The van der Waals surface area contributed by atoms with Crippen molar-refractivity contribution >= 4 is 17.1 Å². The van der Waals surface area contributed by atoms with E-state index < -0.39 is 0 Å². The first kappa shape index (κ1) is 26.1. The molecule has 0 atom stereocenters. The maximum atomic E-state index is 10.8. The van der Waals surface area contributed by atoms with Gasteiger partial charge >= 0.3 is 0 Å². The fourth-order valence-corrected chi connectivity index (χ4v) is 4.81. The van der Waals surface area contributed by atoms with Crippen LogP contribution < -0.4 is 9.64 Å². The second-order valence-electron chi connectivity index (χ2n) is 10.1. The van der Waals surface area contributed by atoms with Crippen LogP contribution in [0.25, 0.3) is 0 Å². The smallest absolute Gasteiger partial charge is 0.128 e. The van der Waals surface area contributed by atoms with E-state index in [4.69, 9.17) is 4.74 Å². The summed E-state index contributed by atoms with van der Waals surface area (Å²) in [5.74, 6) is 1.81. The van der Waals surface area contributed by atoms with Crippen LogP contribution in [0.5, 0.6) is 17.2 Å². The molecule has 0 saturated heterocycles. The van der Waals surface area contributed by atoms with Crippen LogP contribution in [0.1, 0.15) is 40.3 Å². The SMILES string of the molecule is CCc1ccc(N(c2ccc(Cc3cc(Oc4ccccc4)cc(C)c3O)cc2)c2ccc(C)c(C)c2)cc1. The van der Waals surface area contributed by atoms with Gasteiger partial charge in [-0.25, -0.2) is 0 Å². The first-order valence-electron chi connectivity index (χ1n) is 13.5. The highest BCUT2D eigenvalue weighted by Crippen LogP contribution is 2.37.